The lowest BCUT2D eigenvalue weighted by molar-refractivity contribution is -0.121. The van der Waals surface area contributed by atoms with Gasteiger partial charge in [0.15, 0.2) is 0 Å². The SMILES string of the molecule is C=CCN1C(=O)/C(=C/c2cn(-c3ccccc3)nc2-c2cccc(OCc3ccc(F)cc3)c2)SC1=S. The van der Waals surface area contributed by atoms with E-state index in [-0.39, 0.29) is 11.7 Å². The number of thiocarbonyl (C=S) groups is 1. The number of para-hydroxylation sites is 1. The summed E-state index contributed by atoms with van der Waals surface area (Å²) in [5, 5.41) is 4.85. The third kappa shape index (κ3) is 5.55. The number of benzene rings is 3. The number of rotatable bonds is 8. The Morgan fingerprint density at radius 3 is 2.59 bits per heavy atom. The molecule has 0 unspecified atom stereocenters. The fraction of sp³-hybridized carbons (Fsp3) is 0.0690. The predicted octanol–water partition coefficient (Wildman–Crippen LogP) is 6.64. The van der Waals surface area contributed by atoms with E-state index in [0.29, 0.717) is 33.8 Å². The number of ether oxygens (including phenoxy) is 1. The summed E-state index contributed by atoms with van der Waals surface area (Å²) in [6.45, 7) is 4.39. The second kappa shape index (κ2) is 10.9. The Balaban J connectivity index is 1.50. The molecule has 1 fully saturated rings. The van der Waals surface area contributed by atoms with Gasteiger partial charge in [0.25, 0.3) is 5.91 Å². The Morgan fingerprint density at radius 1 is 1.05 bits per heavy atom. The van der Waals surface area contributed by atoms with Crippen LogP contribution >= 0.6 is 24.0 Å². The molecule has 184 valence electrons. The van der Waals surface area contributed by atoms with Gasteiger partial charge < -0.3 is 4.74 Å². The van der Waals surface area contributed by atoms with E-state index in [1.807, 2.05) is 66.9 Å². The first-order chi connectivity index (χ1) is 18.0. The molecule has 1 aliphatic heterocycles. The molecule has 4 aromatic rings. The van der Waals surface area contributed by atoms with Gasteiger partial charge in [-0.15, -0.1) is 6.58 Å². The van der Waals surface area contributed by atoms with Crippen LogP contribution in [0.4, 0.5) is 4.39 Å². The lowest BCUT2D eigenvalue weighted by Crippen LogP contribution is -2.27. The van der Waals surface area contributed by atoms with Gasteiger partial charge in [0, 0.05) is 23.9 Å². The van der Waals surface area contributed by atoms with Gasteiger partial charge in [-0.2, -0.15) is 5.10 Å². The van der Waals surface area contributed by atoms with E-state index in [4.69, 9.17) is 22.1 Å². The number of aromatic nitrogens is 2. The molecule has 37 heavy (non-hydrogen) atoms. The van der Waals surface area contributed by atoms with Crippen molar-refractivity contribution in [3.05, 3.63) is 120 Å². The van der Waals surface area contributed by atoms with Crippen LogP contribution in [0.25, 0.3) is 23.0 Å². The Morgan fingerprint density at radius 2 is 1.84 bits per heavy atom. The lowest BCUT2D eigenvalue weighted by Gasteiger charge is -2.10. The van der Waals surface area contributed by atoms with Crippen molar-refractivity contribution in [1.82, 2.24) is 14.7 Å². The zero-order valence-electron chi connectivity index (χ0n) is 19.7. The molecule has 3 aromatic carbocycles. The maximum Gasteiger partial charge on any atom is 0.266 e. The summed E-state index contributed by atoms with van der Waals surface area (Å²) in [7, 11) is 0. The molecule has 8 heteroatoms. The van der Waals surface area contributed by atoms with Crippen LogP contribution in [0.2, 0.25) is 0 Å². The van der Waals surface area contributed by atoms with Crippen molar-refractivity contribution < 1.29 is 13.9 Å². The van der Waals surface area contributed by atoms with E-state index in [1.165, 1.54) is 28.8 Å². The van der Waals surface area contributed by atoms with Crippen LogP contribution in [0, 0.1) is 5.82 Å². The molecule has 0 atom stereocenters. The van der Waals surface area contributed by atoms with E-state index in [9.17, 15) is 9.18 Å². The van der Waals surface area contributed by atoms with Gasteiger partial charge in [0.2, 0.25) is 0 Å². The summed E-state index contributed by atoms with van der Waals surface area (Å²) in [6.07, 6.45) is 5.39. The monoisotopic (exact) mass is 527 g/mol. The highest BCUT2D eigenvalue weighted by Crippen LogP contribution is 2.35. The molecule has 2 heterocycles. The van der Waals surface area contributed by atoms with Crippen LogP contribution in [-0.2, 0) is 11.4 Å². The molecule has 5 nitrogen and oxygen atoms in total. The van der Waals surface area contributed by atoms with Crippen molar-refractivity contribution in [2.24, 2.45) is 0 Å². The summed E-state index contributed by atoms with van der Waals surface area (Å²) < 4.78 is 21.5. The fourth-order valence-corrected chi connectivity index (χ4v) is 5.10. The number of halogens is 1. The Hall–Kier alpha value is -4.01. The van der Waals surface area contributed by atoms with Crippen molar-refractivity contribution in [1.29, 1.82) is 0 Å². The second-order valence-corrected chi connectivity index (χ2v) is 9.91. The maximum atomic E-state index is 13.2. The van der Waals surface area contributed by atoms with Crippen molar-refractivity contribution in [3.8, 4) is 22.7 Å². The van der Waals surface area contributed by atoms with Gasteiger partial charge in [-0.25, -0.2) is 9.07 Å². The summed E-state index contributed by atoms with van der Waals surface area (Å²) in [5.74, 6) is 0.220. The van der Waals surface area contributed by atoms with Crippen LogP contribution < -0.4 is 4.74 Å². The van der Waals surface area contributed by atoms with Gasteiger partial charge >= 0.3 is 0 Å². The first kappa shape index (κ1) is 24.7. The normalized spacial score (nSPS) is 14.4. The molecule has 1 amide bonds. The molecule has 1 saturated heterocycles. The number of hydrogen-bond donors (Lipinski definition) is 0. The molecule has 1 aliphatic rings. The molecule has 0 aliphatic carbocycles. The minimum atomic E-state index is -0.284. The number of carbonyl (C=O) groups excluding carboxylic acids is 1. The first-order valence-electron chi connectivity index (χ1n) is 11.5. The Bertz CT molecular complexity index is 1500. The largest absolute Gasteiger partial charge is 0.489 e. The number of nitrogens with zero attached hydrogens (tertiary/aromatic N) is 3. The smallest absolute Gasteiger partial charge is 0.266 e. The molecular formula is C29H22FN3O2S2. The minimum Gasteiger partial charge on any atom is -0.489 e. The van der Waals surface area contributed by atoms with E-state index in [1.54, 1.807) is 22.9 Å². The highest BCUT2D eigenvalue weighted by Gasteiger charge is 2.31. The summed E-state index contributed by atoms with van der Waals surface area (Å²) in [5.41, 5.74) is 4.07. The van der Waals surface area contributed by atoms with Crippen molar-refractivity contribution in [3.63, 3.8) is 0 Å². The summed E-state index contributed by atoms with van der Waals surface area (Å²) in [6, 6.07) is 23.6. The first-order valence-corrected chi connectivity index (χ1v) is 12.7. The quantitative estimate of drug-likeness (QED) is 0.146. The number of hydrogen-bond acceptors (Lipinski definition) is 5. The third-order valence-electron chi connectivity index (χ3n) is 5.66. The second-order valence-electron chi connectivity index (χ2n) is 8.24. The van der Waals surface area contributed by atoms with Crippen molar-refractivity contribution >= 4 is 40.3 Å². The topological polar surface area (TPSA) is 47.4 Å². The van der Waals surface area contributed by atoms with Crippen LogP contribution in [0.3, 0.4) is 0 Å². The van der Waals surface area contributed by atoms with Gasteiger partial charge in [-0.3, -0.25) is 9.69 Å². The van der Waals surface area contributed by atoms with E-state index in [0.717, 1.165) is 22.4 Å². The fourth-order valence-electron chi connectivity index (χ4n) is 3.84. The maximum absolute atomic E-state index is 13.2. The molecule has 0 saturated carbocycles. The van der Waals surface area contributed by atoms with Crippen LogP contribution in [0.5, 0.6) is 5.75 Å². The van der Waals surface area contributed by atoms with Gasteiger partial charge in [-0.05, 0) is 48.0 Å². The number of amides is 1. The van der Waals surface area contributed by atoms with Crippen LogP contribution in [0.1, 0.15) is 11.1 Å². The standard InChI is InChI=1S/C29H22FN3O2S2/c1-2-15-32-28(34)26(37-29(32)36)17-22-18-33(24-8-4-3-5-9-24)31-27(22)21-7-6-10-25(16-21)35-19-20-11-13-23(30)14-12-20/h2-14,16-18H,1,15,19H2/b26-17-. The zero-order valence-corrected chi connectivity index (χ0v) is 21.3. The van der Waals surface area contributed by atoms with E-state index < -0.39 is 0 Å². The zero-order chi connectivity index (χ0) is 25.8. The molecule has 0 N–H and O–H groups in total. The highest BCUT2D eigenvalue weighted by atomic mass is 32.2. The summed E-state index contributed by atoms with van der Waals surface area (Å²) >= 11 is 6.67. The van der Waals surface area contributed by atoms with Crippen LogP contribution in [0.15, 0.2) is 103 Å². The third-order valence-corrected chi connectivity index (χ3v) is 7.04. The minimum absolute atomic E-state index is 0.148. The lowest BCUT2D eigenvalue weighted by atomic mass is 10.1. The van der Waals surface area contributed by atoms with Crippen molar-refractivity contribution in [2.75, 3.05) is 6.54 Å². The molecule has 0 spiro atoms. The molecule has 1 aromatic heterocycles. The van der Waals surface area contributed by atoms with E-state index >= 15 is 0 Å². The number of carbonyl (C=O) groups is 1. The van der Waals surface area contributed by atoms with Gasteiger partial charge in [0.1, 0.15) is 28.2 Å². The van der Waals surface area contributed by atoms with Crippen molar-refractivity contribution in [2.45, 2.75) is 6.61 Å². The van der Waals surface area contributed by atoms with Crippen LogP contribution in [-0.4, -0.2) is 31.5 Å². The molecular weight excluding hydrogens is 505 g/mol. The Labute approximate surface area is 223 Å². The highest BCUT2D eigenvalue weighted by molar-refractivity contribution is 8.26. The average Bonchev–Trinajstić information content (AvgIpc) is 3.46. The molecule has 0 radical (unpaired) electrons. The van der Waals surface area contributed by atoms with E-state index in [2.05, 4.69) is 6.58 Å². The average molecular weight is 528 g/mol. The number of thioether (sulfide) groups is 1. The predicted molar refractivity (Wildman–Crippen MR) is 150 cm³/mol. The molecule has 5 rings (SSSR count). The summed E-state index contributed by atoms with van der Waals surface area (Å²) in [4.78, 5) is 15.0. The molecule has 0 bridgehead atoms. The van der Waals surface area contributed by atoms with Gasteiger partial charge in [0.05, 0.1) is 10.6 Å². The van der Waals surface area contributed by atoms with Gasteiger partial charge in [-0.1, -0.05) is 72.5 Å². The Kier molecular flexibility index (Phi) is 7.30.